The third-order valence-electron chi connectivity index (χ3n) is 3.90. The molecule has 0 spiro atoms. The smallest absolute Gasteiger partial charge is 0.341 e. The fourth-order valence-corrected chi connectivity index (χ4v) is 2.67. The molecule has 0 atom stereocenters. The van der Waals surface area contributed by atoms with E-state index in [9.17, 15) is 18.0 Å². The van der Waals surface area contributed by atoms with Crippen LogP contribution >= 0.6 is 24.0 Å². The van der Waals surface area contributed by atoms with Crippen LogP contribution in [-0.2, 0) is 6.18 Å². The van der Waals surface area contributed by atoms with E-state index in [1.807, 2.05) is 13.8 Å². The van der Waals surface area contributed by atoms with Crippen LogP contribution < -0.4 is 5.73 Å². The van der Waals surface area contributed by atoms with E-state index in [-0.39, 0.29) is 24.6 Å². The summed E-state index contributed by atoms with van der Waals surface area (Å²) < 4.78 is 41.7. The Bertz CT molecular complexity index is 788. The van der Waals surface area contributed by atoms with Gasteiger partial charge in [0, 0.05) is 18.6 Å². The van der Waals surface area contributed by atoms with E-state index in [4.69, 9.17) is 17.3 Å². The van der Waals surface area contributed by atoms with Gasteiger partial charge in [0.15, 0.2) is 5.69 Å². The lowest BCUT2D eigenvalue weighted by Gasteiger charge is -2.29. The Hall–Kier alpha value is -1.77. The number of amides is 1. The fourth-order valence-electron chi connectivity index (χ4n) is 2.54. The Morgan fingerprint density at radius 1 is 1.26 bits per heavy atom. The van der Waals surface area contributed by atoms with Crippen molar-refractivity contribution in [3.05, 3.63) is 46.7 Å². The Balaban J connectivity index is 0.00000364. The number of alkyl halides is 3. The Labute approximate surface area is 166 Å². The average molecular weight is 425 g/mol. The van der Waals surface area contributed by atoms with E-state index < -0.39 is 28.8 Å². The number of carbonyl (C=O) groups excluding carboxylic acids is 1. The molecule has 0 aliphatic heterocycles. The third-order valence-corrected chi connectivity index (χ3v) is 4.16. The minimum absolute atomic E-state index is 0. The number of rotatable bonds is 5. The molecular weight excluding hydrogens is 404 g/mol. The summed E-state index contributed by atoms with van der Waals surface area (Å²) in [6, 6.07) is 5.71. The monoisotopic (exact) mass is 424 g/mol. The van der Waals surface area contributed by atoms with E-state index in [0.29, 0.717) is 16.2 Å². The lowest BCUT2D eigenvalue weighted by molar-refractivity contribution is -0.143. The molecule has 10 heteroatoms. The van der Waals surface area contributed by atoms with Crippen LogP contribution in [0.2, 0.25) is 5.02 Å². The topological polar surface area (TPSA) is 64.2 Å². The van der Waals surface area contributed by atoms with Crippen molar-refractivity contribution in [1.82, 2.24) is 14.7 Å². The molecule has 150 valence electrons. The van der Waals surface area contributed by atoms with Crippen molar-refractivity contribution in [1.29, 1.82) is 0 Å². The van der Waals surface area contributed by atoms with Crippen molar-refractivity contribution in [2.24, 2.45) is 11.1 Å². The molecule has 2 N–H and O–H groups in total. The third kappa shape index (κ3) is 5.37. The number of halogens is 5. The lowest BCUT2D eigenvalue weighted by Crippen LogP contribution is -2.40. The van der Waals surface area contributed by atoms with Gasteiger partial charge in [-0.2, -0.15) is 18.3 Å². The van der Waals surface area contributed by atoms with Crippen molar-refractivity contribution < 1.29 is 18.0 Å². The summed E-state index contributed by atoms with van der Waals surface area (Å²) in [4.78, 5) is 13.8. The van der Waals surface area contributed by atoms with Crippen LogP contribution in [0.25, 0.3) is 5.69 Å². The highest BCUT2D eigenvalue weighted by Gasteiger charge is 2.41. The fraction of sp³-hybridized carbons (Fsp3) is 0.412. The standard InChI is InChI=1S/C17H20ClF3N4O.ClH/c1-16(2,9-22)10-24(3)15(26)13-8-23-25(14(13)17(19,20)21)12-6-4-11(18)5-7-12;/h4-8H,9-10,22H2,1-3H3;1H. The van der Waals surface area contributed by atoms with Gasteiger partial charge in [-0.15, -0.1) is 12.4 Å². The zero-order valence-electron chi connectivity index (χ0n) is 15.0. The molecule has 1 aromatic carbocycles. The Morgan fingerprint density at radius 3 is 2.30 bits per heavy atom. The second-order valence-electron chi connectivity index (χ2n) is 6.82. The van der Waals surface area contributed by atoms with Crippen LogP contribution in [0.1, 0.15) is 29.9 Å². The van der Waals surface area contributed by atoms with Gasteiger partial charge in [-0.25, -0.2) is 4.68 Å². The summed E-state index contributed by atoms with van der Waals surface area (Å²) in [5.74, 6) is -0.765. The molecule has 0 aliphatic rings. The lowest BCUT2D eigenvalue weighted by atomic mass is 9.93. The van der Waals surface area contributed by atoms with Crippen LogP contribution in [0.5, 0.6) is 0 Å². The van der Waals surface area contributed by atoms with Crippen LogP contribution in [0.15, 0.2) is 30.5 Å². The van der Waals surface area contributed by atoms with Crippen LogP contribution in [0.4, 0.5) is 13.2 Å². The highest BCUT2D eigenvalue weighted by atomic mass is 35.5. The quantitative estimate of drug-likeness (QED) is 0.787. The van der Waals surface area contributed by atoms with Gasteiger partial charge >= 0.3 is 6.18 Å². The summed E-state index contributed by atoms with van der Waals surface area (Å²) in [6.45, 7) is 4.17. The van der Waals surface area contributed by atoms with Gasteiger partial charge < -0.3 is 10.6 Å². The number of aromatic nitrogens is 2. The first-order valence-electron chi connectivity index (χ1n) is 7.83. The van der Waals surface area contributed by atoms with Crippen LogP contribution in [0, 0.1) is 5.41 Å². The summed E-state index contributed by atoms with van der Waals surface area (Å²) in [5, 5.41) is 4.17. The second-order valence-corrected chi connectivity index (χ2v) is 7.26. The van der Waals surface area contributed by atoms with Gasteiger partial charge in [-0.1, -0.05) is 25.4 Å². The van der Waals surface area contributed by atoms with Gasteiger partial charge in [0.2, 0.25) is 0 Å². The van der Waals surface area contributed by atoms with Crippen molar-refractivity contribution in [2.45, 2.75) is 20.0 Å². The molecule has 2 rings (SSSR count). The predicted octanol–water partition coefficient (Wildman–Crippen LogP) is 4.02. The van der Waals surface area contributed by atoms with Gasteiger partial charge in [0.25, 0.3) is 5.91 Å². The summed E-state index contributed by atoms with van der Waals surface area (Å²) in [5.41, 5.74) is 3.74. The second kappa shape index (κ2) is 8.50. The number of hydrogen-bond acceptors (Lipinski definition) is 3. The molecule has 2 aromatic rings. The molecule has 5 nitrogen and oxygen atoms in total. The highest BCUT2D eigenvalue weighted by Crippen LogP contribution is 2.34. The summed E-state index contributed by atoms with van der Waals surface area (Å²) >= 11 is 5.78. The predicted molar refractivity (Wildman–Crippen MR) is 101 cm³/mol. The van der Waals surface area contributed by atoms with E-state index in [0.717, 1.165) is 6.20 Å². The average Bonchev–Trinajstić information content (AvgIpc) is 2.99. The number of benzene rings is 1. The molecule has 27 heavy (non-hydrogen) atoms. The molecular formula is C17H21Cl2F3N4O. The van der Waals surface area contributed by atoms with Crippen LogP contribution in [-0.4, -0.2) is 40.7 Å². The zero-order chi connectivity index (χ0) is 19.7. The first-order valence-corrected chi connectivity index (χ1v) is 8.21. The maximum absolute atomic E-state index is 13.7. The van der Waals surface area contributed by atoms with Crippen LogP contribution in [0.3, 0.4) is 0 Å². The van der Waals surface area contributed by atoms with E-state index >= 15 is 0 Å². The highest BCUT2D eigenvalue weighted by molar-refractivity contribution is 6.30. The van der Waals surface area contributed by atoms with Gasteiger partial charge in [0.1, 0.15) is 0 Å². The van der Waals surface area contributed by atoms with Gasteiger partial charge in [-0.05, 0) is 36.2 Å². The minimum atomic E-state index is -4.76. The number of hydrogen-bond donors (Lipinski definition) is 1. The van der Waals surface area contributed by atoms with Crippen molar-refractivity contribution in [2.75, 3.05) is 20.1 Å². The molecule has 0 radical (unpaired) electrons. The van der Waals surface area contributed by atoms with E-state index in [1.54, 1.807) is 0 Å². The first-order chi connectivity index (χ1) is 12.0. The summed E-state index contributed by atoms with van der Waals surface area (Å²) in [6.07, 6.45) is -3.82. The SMILES string of the molecule is CN(CC(C)(C)CN)C(=O)c1cnn(-c2ccc(Cl)cc2)c1C(F)(F)F.Cl. The van der Waals surface area contributed by atoms with E-state index in [1.165, 1.54) is 36.2 Å². The molecule has 1 heterocycles. The molecule has 0 unspecified atom stereocenters. The number of nitrogens with two attached hydrogens (primary N) is 1. The number of nitrogens with zero attached hydrogens (tertiary/aromatic N) is 3. The molecule has 0 aliphatic carbocycles. The molecule has 0 bridgehead atoms. The van der Waals surface area contributed by atoms with Crippen molar-refractivity contribution >= 4 is 29.9 Å². The summed E-state index contributed by atoms with van der Waals surface area (Å²) in [7, 11) is 1.44. The normalized spacial score (nSPS) is 11.9. The maximum atomic E-state index is 13.7. The molecule has 1 aromatic heterocycles. The van der Waals surface area contributed by atoms with Gasteiger partial charge in [-0.3, -0.25) is 4.79 Å². The molecule has 0 saturated carbocycles. The molecule has 0 fully saturated rings. The van der Waals surface area contributed by atoms with Gasteiger partial charge in [0.05, 0.1) is 17.4 Å². The molecule has 1 amide bonds. The minimum Gasteiger partial charge on any atom is -0.341 e. The zero-order valence-corrected chi connectivity index (χ0v) is 16.6. The van der Waals surface area contributed by atoms with Crippen molar-refractivity contribution in [3.63, 3.8) is 0 Å². The van der Waals surface area contributed by atoms with Crippen molar-refractivity contribution in [3.8, 4) is 5.69 Å². The Morgan fingerprint density at radius 2 is 1.81 bits per heavy atom. The number of carbonyl (C=O) groups is 1. The largest absolute Gasteiger partial charge is 0.434 e. The molecule has 0 saturated heterocycles. The Kier molecular flexibility index (Phi) is 7.32. The first kappa shape index (κ1) is 23.3. The van der Waals surface area contributed by atoms with E-state index in [2.05, 4.69) is 5.10 Å². The maximum Gasteiger partial charge on any atom is 0.434 e.